The monoisotopic (exact) mass is 310 g/mol. The molecule has 21 heavy (non-hydrogen) atoms. The summed E-state index contributed by atoms with van der Waals surface area (Å²) >= 11 is 0. The van der Waals surface area contributed by atoms with Gasteiger partial charge in [-0.25, -0.2) is 18.3 Å². The number of carbonyl (C=O) groups is 1. The van der Waals surface area contributed by atoms with Crippen LogP contribution in [0.5, 0.6) is 0 Å². The topological polar surface area (TPSA) is 95.5 Å². The average molecular weight is 310 g/mol. The van der Waals surface area contributed by atoms with E-state index in [-0.39, 0.29) is 16.1 Å². The predicted molar refractivity (Wildman–Crippen MR) is 72.9 cm³/mol. The van der Waals surface area contributed by atoms with Gasteiger partial charge in [-0.3, -0.25) is 14.7 Å². The fraction of sp³-hybridized carbons (Fsp3) is 0. The highest BCUT2D eigenvalue weighted by Crippen LogP contribution is 2.17. The lowest BCUT2D eigenvalue weighted by molar-refractivity contribution is 0.0706. The van der Waals surface area contributed by atoms with Gasteiger partial charge in [0.2, 0.25) is 0 Å². The third-order valence-corrected chi connectivity index (χ3v) is 3.99. The van der Waals surface area contributed by atoms with Crippen LogP contribution in [0.4, 0.5) is 10.1 Å². The van der Waals surface area contributed by atoms with E-state index in [2.05, 4.69) is 4.72 Å². The Morgan fingerprint density at radius 3 is 2.33 bits per heavy atom. The van der Waals surface area contributed by atoms with E-state index in [0.29, 0.717) is 0 Å². The number of nitrogens with one attached hydrogen (secondary N) is 2. The zero-order valence-corrected chi connectivity index (χ0v) is 11.4. The maximum absolute atomic E-state index is 13.1. The van der Waals surface area contributed by atoms with Gasteiger partial charge >= 0.3 is 0 Å². The molecule has 0 atom stereocenters. The van der Waals surface area contributed by atoms with Crippen LogP contribution in [-0.2, 0) is 10.0 Å². The molecule has 2 aromatic rings. The molecule has 1 amide bonds. The number of anilines is 1. The first-order valence-corrected chi connectivity index (χ1v) is 7.23. The van der Waals surface area contributed by atoms with Gasteiger partial charge in [-0.15, -0.1) is 0 Å². The van der Waals surface area contributed by atoms with E-state index in [0.717, 1.165) is 12.1 Å². The number of sulfonamides is 1. The molecule has 0 aliphatic carbocycles. The minimum atomic E-state index is -3.91. The van der Waals surface area contributed by atoms with E-state index in [1.807, 2.05) is 0 Å². The van der Waals surface area contributed by atoms with Crippen molar-refractivity contribution in [2.24, 2.45) is 0 Å². The Morgan fingerprint density at radius 1 is 1.10 bits per heavy atom. The van der Waals surface area contributed by atoms with Gasteiger partial charge in [-0.2, -0.15) is 0 Å². The zero-order valence-electron chi connectivity index (χ0n) is 10.6. The van der Waals surface area contributed by atoms with Crippen molar-refractivity contribution in [1.82, 2.24) is 5.48 Å². The third-order valence-electron chi connectivity index (χ3n) is 2.61. The Hall–Kier alpha value is -2.45. The van der Waals surface area contributed by atoms with Crippen LogP contribution in [0.25, 0.3) is 0 Å². The lowest BCUT2D eigenvalue weighted by Gasteiger charge is -2.08. The predicted octanol–water partition coefficient (Wildman–Crippen LogP) is 1.75. The van der Waals surface area contributed by atoms with E-state index in [1.54, 1.807) is 0 Å². The molecule has 0 radical (unpaired) electrons. The largest absolute Gasteiger partial charge is 0.288 e. The zero-order chi connectivity index (χ0) is 15.5. The Labute approximate surface area is 120 Å². The van der Waals surface area contributed by atoms with Crippen LogP contribution in [-0.4, -0.2) is 19.5 Å². The molecule has 0 bridgehead atoms. The van der Waals surface area contributed by atoms with Gasteiger partial charge < -0.3 is 0 Å². The van der Waals surface area contributed by atoms with Crippen molar-refractivity contribution in [3.63, 3.8) is 0 Å². The number of hydrogen-bond acceptors (Lipinski definition) is 4. The van der Waals surface area contributed by atoms with Crippen LogP contribution in [0.2, 0.25) is 0 Å². The summed E-state index contributed by atoms with van der Waals surface area (Å²) in [5.41, 5.74) is 1.82. The Morgan fingerprint density at radius 2 is 1.76 bits per heavy atom. The van der Waals surface area contributed by atoms with Crippen molar-refractivity contribution in [2.75, 3.05) is 4.72 Å². The number of hydroxylamine groups is 1. The second-order valence-electron chi connectivity index (χ2n) is 4.08. The van der Waals surface area contributed by atoms with Crippen LogP contribution in [0, 0.1) is 5.82 Å². The third kappa shape index (κ3) is 3.56. The van der Waals surface area contributed by atoms with Crippen molar-refractivity contribution < 1.29 is 22.8 Å². The molecule has 0 saturated carbocycles. The lowest BCUT2D eigenvalue weighted by atomic mass is 10.2. The van der Waals surface area contributed by atoms with Gasteiger partial charge in [-0.1, -0.05) is 6.07 Å². The average Bonchev–Trinajstić information content (AvgIpc) is 2.47. The highest BCUT2D eigenvalue weighted by molar-refractivity contribution is 7.92. The van der Waals surface area contributed by atoms with Crippen LogP contribution in [0.3, 0.4) is 0 Å². The minimum Gasteiger partial charge on any atom is -0.288 e. The Kier molecular flexibility index (Phi) is 4.20. The molecule has 0 aromatic heterocycles. The maximum atomic E-state index is 13.1. The molecule has 6 nitrogen and oxygen atoms in total. The standard InChI is InChI=1S/C13H11FN2O4S/c14-10-2-1-3-12(8-10)21(19,20)16-11-6-4-9(5-7-11)13(17)15-18/h1-8,16,18H,(H,15,17). The van der Waals surface area contributed by atoms with Crippen LogP contribution in [0.15, 0.2) is 53.4 Å². The first-order chi connectivity index (χ1) is 9.92. The van der Waals surface area contributed by atoms with E-state index in [4.69, 9.17) is 5.21 Å². The smallest absolute Gasteiger partial charge is 0.274 e. The summed E-state index contributed by atoms with van der Waals surface area (Å²) in [5.74, 6) is -1.37. The molecule has 0 spiro atoms. The summed E-state index contributed by atoms with van der Waals surface area (Å²) in [7, 11) is -3.91. The summed E-state index contributed by atoms with van der Waals surface area (Å²) in [4.78, 5) is 10.9. The van der Waals surface area contributed by atoms with Gasteiger partial charge in [0.05, 0.1) is 4.90 Å². The molecule has 0 saturated heterocycles. The first kappa shape index (κ1) is 14.9. The second kappa shape index (κ2) is 5.90. The first-order valence-electron chi connectivity index (χ1n) is 5.75. The van der Waals surface area contributed by atoms with Gasteiger partial charge in [0.1, 0.15) is 5.82 Å². The highest BCUT2D eigenvalue weighted by Gasteiger charge is 2.15. The van der Waals surface area contributed by atoms with Gasteiger partial charge in [0.15, 0.2) is 0 Å². The Bertz CT molecular complexity index is 760. The van der Waals surface area contributed by atoms with E-state index < -0.39 is 21.7 Å². The van der Waals surface area contributed by atoms with Crippen molar-refractivity contribution in [3.05, 3.63) is 59.9 Å². The van der Waals surface area contributed by atoms with Crippen molar-refractivity contribution in [2.45, 2.75) is 4.90 Å². The second-order valence-corrected chi connectivity index (χ2v) is 5.76. The number of benzene rings is 2. The highest BCUT2D eigenvalue weighted by atomic mass is 32.2. The molecule has 110 valence electrons. The molecule has 2 rings (SSSR count). The molecule has 0 unspecified atom stereocenters. The normalized spacial score (nSPS) is 11.0. The molecule has 0 heterocycles. The number of amides is 1. The summed E-state index contributed by atoms with van der Waals surface area (Å²) in [5, 5.41) is 8.47. The van der Waals surface area contributed by atoms with Crippen molar-refractivity contribution in [3.8, 4) is 0 Å². The molecule has 0 fully saturated rings. The lowest BCUT2D eigenvalue weighted by Crippen LogP contribution is -2.18. The van der Waals surface area contributed by atoms with Gasteiger partial charge in [0.25, 0.3) is 15.9 Å². The summed E-state index contributed by atoms with van der Waals surface area (Å²) in [6.07, 6.45) is 0. The van der Waals surface area contributed by atoms with Gasteiger partial charge in [-0.05, 0) is 42.5 Å². The number of halogens is 1. The Balaban J connectivity index is 2.23. The SMILES string of the molecule is O=C(NO)c1ccc(NS(=O)(=O)c2cccc(F)c2)cc1. The number of rotatable bonds is 4. The van der Waals surface area contributed by atoms with Crippen molar-refractivity contribution >= 4 is 21.6 Å². The molecule has 3 N–H and O–H groups in total. The molecular weight excluding hydrogens is 299 g/mol. The molecule has 2 aromatic carbocycles. The summed E-state index contributed by atoms with van der Waals surface area (Å²) in [6.45, 7) is 0. The van der Waals surface area contributed by atoms with Crippen LogP contribution in [0.1, 0.15) is 10.4 Å². The van der Waals surface area contributed by atoms with Gasteiger partial charge in [0, 0.05) is 11.3 Å². The number of hydrogen-bond donors (Lipinski definition) is 3. The van der Waals surface area contributed by atoms with Crippen LogP contribution < -0.4 is 10.2 Å². The van der Waals surface area contributed by atoms with Crippen molar-refractivity contribution in [1.29, 1.82) is 0 Å². The van der Waals surface area contributed by atoms with E-state index >= 15 is 0 Å². The van der Waals surface area contributed by atoms with E-state index in [9.17, 15) is 17.6 Å². The minimum absolute atomic E-state index is 0.159. The van der Waals surface area contributed by atoms with E-state index in [1.165, 1.54) is 41.9 Å². The molecular formula is C13H11FN2O4S. The quantitative estimate of drug-likeness (QED) is 0.592. The maximum Gasteiger partial charge on any atom is 0.274 e. The molecule has 8 heteroatoms. The van der Waals surface area contributed by atoms with Crippen LogP contribution >= 0.6 is 0 Å². The summed E-state index contributed by atoms with van der Waals surface area (Å²) < 4.78 is 39.4. The fourth-order valence-corrected chi connectivity index (χ4v) is 2.69. The molecule has 0 aliphatic rings. The number of carbonyl (C=O) groups excluding carboxylic acids is 1. The molecule has 0 aliphatic heterocycles. The fourth-order valence-electron chi connectivity index (χ4n) is 1.60. The summed E-state index contributed by atoms with van der Waals surface area (Å²) in [6, 6.07) is 9.95.